The van der Waals surface area contributed by atoms with Gasteiger partial charge in [-0.1, -0.05) is 42.5 Å². The molecule has 43 heavy (non-hydrogen) atoms. The van der Waals surface area contributed by atoms with Crippen molar-refractivity contribution in [3.8, 4) is 0 Å². The first-order valence-electron chi connectivity index (χ1n) is 15.0. The summed E-state index contributed by atoms with van der Waals surface area (Å²) in [6, 6.07) is 17.2. The van der Waals surface area contributed by atoms with Gasteiger partial charge in [0.15, 0.2) is 5.78 Å². The van der Waals surface area contributed by atoms with Crippen molar-refractivity contribution in [2.24, 2.45) is 0 Å². The molecule has 3 N–H and O–H groups in total. The van der Waals surface area contributed by atoms with Crippen molar-refractivity contribution >= 4 is 34.4 Å². The fourth-order valence-electron chi connectivity index (χ4n) is 6.15. The van der Waals surface area contributed by atoms with Gasteiger partial charge in [0.05, 0.1) is 17.5 Å². The van der Waals surface area contributed by atoms with Crippen LogP contribution >= 0.6 is 0 Å². The molecule has 10 nitrogen and oxygen atoms in total. The van der Waals surface area contributed by atoms with Gasteiger partial charge in [-0.25, -0.2) is 9.97 Å². The number of nitrogens with one attached hydrogen (secondary N) is 3. The van der Waals surface area contributed by atoms with Crippen molar-refractivity contribution < 1.29 is 14.4 Å². The highest BCUT2D eigenvalue weighted by atomic mass is 16.2. The van der Waals surface area contributed by atoms with Crippen molar-refractivity contribution in [3.05, 3.63) is 89.4 Å². The van der Waals surface area contributed by atoms with Crippen molar-refractivity contribution in [1.29, 1.82) is 0 Å². The van der Waals surface area contributed by atoms with E-state index in [4.69, 9.17) is 0 Å². The monoisotopic (exact) mass is 579 g/mol. The summed E-state index contributed by atoms with van der Waals surface area (Å²) in [5.74, 6) is 0.671. The second kappa shape index (κ2) is 12.7. The molecule has 2 aliphatic rings. The Morgan fingerprint density at radius 3 is 2.30 bits per heavy atom. The molecular weight excluding hydrogens is 542 g/mol. The molecule has 0 radical (unpaired) electrons. The van der Waals surface area contributed by atoms with Crippen LogP contribution in [0.2, 0.25) is 0 Å². The molecule has 6 rings (SSSR count). The summed E-state index contributed by atoms with van der Waals surface area (Å²) in [6.45, 7) is 4.88. The topological polar surface area (TPSA) is 123 Å². The van der Waals surface area contributed by atoms with Gasteiger partial charge < -0.3 is 20.5 Å². The molecule has 222 valence electrons. The first-order valence-corrected chi connectivity index (χ1v) is 15.0. The highest BCUT2D eigenvalue weighted by Crippen LogP contribution is 2.29. The van der Waals surface area contributed by atoms with E-state index in [9.17, 15) is 14.4 Å². The Bertz CT molecular complexity index is 1600. The van der Waals surface area contributed by atoms with Crippen LogP contribution in [0, 0.1) is 6.92 Å². The number of carbonyl (C=O) groups is 3. The molecular formula is C33H37N7O3. The summed E-state index contributed by atoms with van der Waals surface area (Å²) in [5, 5.41) is 7.48. The van der Waals surface area contributed by atoms with Crippen LogP contribution in [0.25, 0.3) is 11.0 Å². The fourth-order valence-corrected chi connectivity index (χ4v) is 6.15. The van der Waals surface area contributed by atoms with Crippen molar-refractivity contribution in [2.75, 3.05) is 38.0 Å². The Balaban J connectivity index is 0.991. The van der Waals surface area contributed by atoms with E-state index in [1.807, 2.05) is 66.4 Å². The Morgan fingerprint density at radius 1 is 0.860 bits per heavy atom. The number of rotatable bonds is 8. The molecule has 3 heterocycles. The van der Waals surface area contributed by atoms with Gasteiger partial charge in [-0.15, -0.1) is 0 Å². The summed E-state index contributed by atoms with van der Waals surface area (Å²) in [6.07, 6.45) is 6.70. The number of aromatic amines is 1. The van der Waals surface area contributed by atoms with Crippen LogP contribution in [0.4, 0.5) is 5.82 Å². The minimum absolute atomic E-state index is 0.0310. The summed E-state index contributed by atoms with van der Waals surface area (Å²) in [5.41, 5.74) is 3.47. The lowest BCUT2D eigenvalue weighted by atomic mass is 9.91. The highest BCUT2D eigenvalue weighted by Gasteiger charge is 2.27. The van der Waals surface area contributed by atoms with E-state index < -0.39 is 0 Å². The van der Waals surface area contributed by atoms with Crippen molar-refractivity contribution in [1.82, 2.24) is 30.1 Å². The van der Waals surface area contributed by atoms with Gasteiger partial charge in [0.2, 0.25) is 5.91 Å². The van der Waals surface area contributed by atoms with Gasteiger partial charge in [-0.2, -0.15) is 0 Å². The Hall–Kier alpha value is -4.57. The number of benzene rings is 2. The summed E-state index contributed by atoms with van der Waals surface area (Å²) in [7, 11) is 0. The van der Waals surface area contributed by atoms with Crippen LogP contribution in [0.5, 0.6) is 0 Å². The Labute approximate surface area is 250 Å². The zero-order valence-corrected chi connectivity index (χ0v) is 24.4. The van der Waals surface area contributed by atoms with E-state index >= 15 is 0 Å². The Morgan fingerprint density at radius 2 is 1.56 bits per heavy atom. The maximum atomic E-state index is 13.4. The third-order valence-electron chi connectivity index (χ3n) is 8.58. The van der Waals surface area contributed by atoms with E-state index in [-0.39, 0.29) is 29.7 Å². The number of aryl methyl sites for hydroxylation is 1. The highest BCUT2D eigenvalue weighted by molar-refractivity contribution is 6.18. The maximum absolute atomic E-state index is 13.4. The summed E-state index contributed by atoms with van der Waals surface area (Å²) in [4.78, 5) is 54.9. The van der Waals surface area contributed by atoms with Crippen molar-refractivity contribution in [2.45, 2.75) is 44.7 Å². The lowest BCUT2D eigenvalue weighted by Gasteiger charge is -2.35. The van der Waals surface area contributed by atoms with E-state index in [2.05, 4.69) is 30.5 Å². The van der Waals surface area contributed by atoms with Gasteiger partial charge >= 0.3 is 0 Å². The molecule has 2 aromatic heterocycles. The average Bonchev–Trinajstić information content (AvgIpc) is 3.48. The summed E-state index contributed by atoms with van der Waals surface area (Å²) >= 11 is 0. The average molecular weight is 580 g/mol. The molecule has 1 saturated carbocycles. The number of fused-ring (bicyclic) bond motifs is 1. The van der Waals surface area contributed by atoms with E-state index in [1.54, 1.807) is 6.20 Å². The molecule has 2 fully saturated rings. The van der Waals surface area contributed by atoms with Gasteiger partial charge in [0, 0.05) is 55.6 Å². The summed E-state index contributed by atoms with van der Waals surface area (Å²) < 4.78 is 0. The Kier molecular flexibility index (Phi) is 8.46. The van der Waals surface area contributed by atoms with Crippen LogP contribution in [0.1, 0.15) is 57.5 Å². The lowest BCUT2D eigenvalue weighted by Crippen LogP contribution is -2.52. The van der Waals surface area contributed by atoms with Crippen LogP contribution in [-0.4, -0.2) is 87.2 Å². The van der Waals surface area contributed by atoms with Gasteiger partial charge in [-0.05, 0) is 50.3 Å². The fraction of sp³-hybridized carbons (Fsp3) is 0.364. The first-order chi connectivity index (χ1) is 21.0. The number of nitrogens with zero attached hydrogens (tertiary/aromatic N) is 4. The molecule has 0 bridgehead atoms. The molecule has 10 heteroatoms. The second-order valence-electron chi connectivity index (χ2n) is 11.5. The van der Waals surface area contributed by atoms with Gasteiger partial charge in [-0.3, -0.25) is 19.3 Å². The zero-order valence-electron chi connectivity index (χ0n) is 24.4. The zero-order chi connectivity index (χ0) is 29.8. The van der Waals surface area contributed by atoms with E-state index in [1.165, 1.54) is 6.33 Å². The predicted molar refractivity (Wildman–Crippen MR) is 165 cm³/mol. The number of ketones is 1. The molecule has 2 amide bonds. The third-order valence-corrected chi connectivity index (χ3v) is 8.58. The molecule has 0 atom stereocenters. The van der Waals surface area contributed by atoms with Crippen LogP contribution in [0.15, 0.2) is 67.1 Å². The standard InChI is InChI=1S/C33H37N7O3/c1-22-7-5-6-10-26(22)30(42)27-19-34-31-29(27)32(36-21-35-31)38-25-13-11-24(12-14-25)37-28(41)20-39-15-17-40(18-16-39)33(43)23-8-3-2-4-9-23/h2-10,19,21,24-25H,11-18,20H2,1H3,(H,37,41)(H2,34,35,36,38). The molecule has 1 saturated heterocycles. The van der Waals surface area contributed by atoms with Gasteiger partial charge in [0.1, 0.15) is 17.8 Å². The number of hydrogen-bond donors (Lipinski definition) is 3. The van der Waals surface area contributed by atoms with Crippen LogP contribution in [0.3, 0.4) is 0 Å². The molecule has 0 unspecified atom stereocenters. The molecule has 1 aliphatic carbocycles. The SMILES string of the molecule is Cc1ccccc1C(=O)c1c[nH]c2ncnc(NC3CCC(NC(=O)CN4CCN(C(=O)c5ccccc5)CC4)CC3)c12. The van der Waals surface area contributed by atoms with Crippen molar-refractivity contribution in [3.63, 3.8) is 0 Å². The number of amides is 2. The van der Waals surface area contributed by atoms with Crippen LogP contribution < -0.4 is 10.6 Å². The quantitative estimate of drug-likeness (QED) is 0.272. The molecule has 0 spiro atoms. The van der Waals surface area contributed by atoms with Gasteiger partial charge in [0.25, 0.3) is 5.91 Å². The minimum atomic E-state index is -0.0576. The number of H-pyrrole nitrogens is 1. The van der Waals surface area contributed by atoms with E-state index in [0.717, 1.165) is 31.2 Å². The predicted octanol–water partition coefficient (Wildman–Crippen LogP) is 3.79. The second-order valence-corrected chi connectivity index (χ2v) is 11.5. The number of aromatic nitrogens is 3. The van der Waals surface area contributed by atoms with E-state index in [0.29, 0.717) is 66.3 Å². The smallest absolute Gasteiger partial charge is 0.253 e. The normalized spacial score (nSPS) is 19.2. The third kappa shape index (κ3) is 6.44. The first kappa shape index (κ1) is 28.5. The number of hydrogen-bond acceptors (Lipinski definition) is 7. The molecule has 4 aromatic rings. The number of carbonyl (C=O) groups excluding carboxylic acids is 3. The number of piperazine rings is 1. The maximum Gasteiger partial charge on any atom is 0.253 e. The van der Waals surface area contributed by atoms with Crippen LogP contribution in [-0.2, 0) is 4.79 Å². The minimum Gasteiger partial charge on any atom is -0.367 e. The number of anilines is 1. The largest absolute Gasteiger partial charge is 0.367 e. The molecule has 2 aromatic carbocycles. The molecule has 1 aliphatic heterocycles. The lowest BCUT2D eigenvalue weighted by molar-refractivity contribution is -0.123.